The van der Waals surface area contributed by atoms with E-state index in [9.17, 15) is 4.39 Å². The Hall–Kier alpha value is -1.13. The van der Waals surface area contributed by atoms with E-state index in [2.05, 4.69) is 0 Å². The molecular formula is C16H17Cl2FN2. The van der Waals surface area contributed by atoms with E-state index in [1.54, 1.807) is 18.2 Å². The smallest absolute Gasteiger partial charge is 0.123 e. The standard InChI is InChI=1S/C16H17Cl2FN2/c1-21(10-11-3-2-4-13(19)7-11)16(9-20)14-6-5-12(17)8-15(14)18/h2-8,16H,9-10,20H2,1H3. The zero-order valence-corrected chi connectivity index (χ0v) is 13.2. The van der Waals surface area contributed by atoms with Crippen molar-refractivity contribution >= 4 is 23.2 Å². The molecule has 0 aliphatic carbocycles. The first-order valence-electron chi connectivity index (χ1n) is 6.61. The summed E-state index contributed by atoms with van der Waals surface area (Å²) in [5.41, 5.74) is 7.70. The van der Waals surface area contributed by atoms with Crippen molar-refractivity contribution in [3.63, 3.8) is 0 Å². The number of hydrogen-bond donors (Lipinski definition) is 1. The van der Waals surface area contributed by atoms with Crippen molar-refractivity contribution < 1.29 is 4.39 Å². The van der Waals surface area contributed by atoms with Crippen LogP contribution in [-0.2, 0) is 6.54 Å². The Bertz CT molecular complexity index is 619. The number of hydrogen-bond acceptors (Lipinski definition) is 2. The Labute approximate surface area is 134 Å². The van der Waals surface area contributed by atoms with Gasteiger partial charge in [0.1, 0.15) is 5.82 Å². The molecule has 0 heterocycles. The van der Waals surface area contributed by atoms with Gasteiger partial charge in [0.25, 0.3) is 0 Å². The normalized spacial score (nSPS) is 12.7. The van der Waals surface area contributed by atoms with Crippen molar-refractivity contribution in [1.82, 2.24) is 4.90 Å². The van der Waals surface area contributed by atoms with Crippen molar-refractivity contribution in [1.29, 1.82) is 0 Å². The molecule has 0 amide bonds. The zero-order valence-electron chi connectivity index (χ0n) is 11.7. The van der Waals surface area contributed by atoms with Crippen LogP contribution in [0.4, 0.5) is 4.39 Å². The fourth-order valence-electron chi connectivity index (χ4n) is 2.35. The van der Waals surface area contributed by atoms with Gasteiger partial charge in [-0.15, -0.1) is 0 Å². The van der Waals surface area contributed by atoms with Crippen molar-refractivity contribution in [2.45, 2.75) is 12.6 Å². The summed E-state index contributed by atoms with van der Waals surface area (Å²) in [5.74, 6) is -0.241. The maximum Gasteiger partial charge on any atom is 0.123 e. The molecule has 0 aliphatic rings. The van der Waals surface area contributed by atoms with E-state index in [0.29, 0.717) is 23.1 Å². The molecule has 0 radical (unpaired) electrons. The quantitative estimate of drug-likeness (QED) is 0.889. The van der Waals surface area contributed by atoms with Crippen molar-refractivity contribution in [2.24, 2.45) is 5.73 Å². The van der Waals surface area contributed by atoms with E-state index >= 15 is 0 Å². The molecule has 2 aromatic carbocycles. The second-order valence-corrected chi connectivity index (χ2v) is 5.81. The van der Waals surface area contributed by atoms with Gasteiger partial charge >= 0.3 is 0 Å². The predicted octanol–water partition coefficient (Wildman–Crippen LogP) is 4.26. The second-order valence-electron chi connectivity index (χ2n) is 4.96. The number of likely N-dealkylation sites (N-methyl/N-ethyl adjacent to an activating group) is 1. The lowest BCUT2D eigenvalue weighted by molar-refractivity contribution is 0.241. The van der Waals surface area contributed by atoms with Gasteiger partial charge in [0.15, 0.2) is 0 Å². The lowest BCUT2D eigenvalue weighted by atomic mass is 10.0. The van der Waals surface area contributed by atoms with Crippen LogP contribution >= 0.6 is 23.2 Å². The van der Waals surface area contributed by atoms with Crippen LogP contribution in [0.2, 0.25) is 10.0 Å². The maximum absolute atomic E-state index is 13.3. The summed E-state index contributed by atoms with van der Waals surface area (Å²) in [6.07, 6.45) is 0. The summed E-state index contributed by atoms with van der Waals surface area (Å²) < 4.78 is 13.3. The van der Waals surface area contributed by atoms with Crippen LogP contribution in [0.15, 0.2) is 42.5 Å². The minimum atomic E-state index is -0.241. The first-order chi connectivity index (χ1) is 10.0. The average Bonchev–Trinajstić information content (AvgIpc) is 2.42. The summed E-state index contributed by atoms with van der Waals surface area (Å²) in [4.78, 5) is 2.05. The molecule has 5 heteroatoms. The van der Waals surface area contributed by atoms with Gasteiger partial charge in [0.2, 0.25) is 0 Å². The van der Waals surface area contributed by atoms with Gasteiger partial charge in [-0.3, -0.25) is 4.90 Å². The molecule has 0 aromatic heterocycles. The van der Waals surface area contributed by atoms with E-state index in [-0.39, 0.29) is 11.9 Å². The topological polar surface area (TPSA) is 29.3 Å². The molecule has 2 N–H and O–H groups in total. The van der Waals surface area contributed by atoms with E-state index in [4.69, 9.17) is 28.9 Å². The largest absolute Gasteiger partial charge is 0.329 e. The molecule has 112 valence electrons. The zero-order chi connectivity index (χ0) is 15.4. The van der Waals surface area contributed by atoms with Gasteiger partial charge in [0.05, 0.1) is 0 Å². The lowest BCUT2D eigenvalue weighted by Gasteiger charge is -2.28. The number of benzene rings is 2. The van der Waals surface area contributed by atoms with Crippen LogP contribution in [0.1, 0.15) is 17.2 Å². The molecule has 0 spiro atoms. The van der Waals surface area contributed by atoms with Gasteiger partial charge in [0, 0.05) is 29.2 Å². The van der Waals surface area contributed by atoms with Gasteiger partial charge in [-0.25, -0.2) is 4.39 Å². The van der Waals surface area contributed by atoms with Crippen molar-refractivity contribution in [3.05, 3.63) is 69.5 Å². The van der Waals surface area contributed by atoms with Crippen molar-refractivity contribution in [2.75, 3.05) is 13.6 Å². The molecular weight excluding hydrogens is 310 g/mol. The summed E-state index contributed by atoms with van der Waals surface area (Å²) in [7, 11) is 1.94. The highest BCUT2D eigenvalue weighted by molar-refractivity contribution is 6.35. The van der Waals surface area contributed by atoms with Crippen LogP contribution in [0.3, 0.4) is 0 Å². The number of nitrogens with zero attached hydrogens (tertiary/aromatic N) is 1. The summed E-state index contributed by atoms with van der Waals surface area (Å²) >= 11 is 12.2. The minimum absolute atomic E-state index is 0.0574. The van der Waals surface area contributed by atoms with Crippen molar-refractivity contribution in [3.8, 4) is 0 Å². The average molecular weight is 327 g/mol. The molecule has 0 fully saturated rings. The predicted molar refractivity (Wildman–Crippen MR) is 86.1 cm³/mol. The fraction of sp³-hybridized carbons (Fsp3) is 0.250. The molecule has 0 aliphatic heterocycles. The monoisotopic (exact) mass is 326 g/mol. The van der Waals surface area contributed by atoms with E-state index in [1.165, 1.54) is 12.1 Å². The third-order valence-corrected chi connectivity index (χ3v) is 3.96. The highest BCUT2D eigenvalue weighted by Gasteiger charge is 2.18. The maximum atomic E-state index is 13.3. The van der Waals surface area contributed by atoms with Crippen LogP contribution in [0, 0.1) is 5.82 Å². The molecule has 1 unspecified atom stereocenters. The summed E-state index contributed by atoms with van der Waals surface area (Å²) in [6, 6.07) is 11.9. The molecule has 0 saturated carbocycles. The van der Waals surface area contributed by atoms with Gasteiger partial charge < -0.3 is 5.73 Å². The Morgan fingerprint density at radius 1 is 1.19 bits per heavy atom. The minimum Gasteiger partial charge on any atom is -0.329 e. The summed E-state index contributed by atoms with van der Waals surface area (Å²) in [6.45, 7) is 0.992. The van der Waals surface area contributed by atoms with Crippen LogP contribution in [0.5, 0.6) is 0 Å². The first kappa shape index (κ1) is 16.2. The van der Waals surface area contributed by atoms with E-state index in [1.807, 2.05) is 24.1 Å². The lowest BCUT2D eigenvalue weighted by Crippen LogP contribution is -2.30. The number of rotatable bonds is 5. The van der Waals surface area contributed by atoms with Crippen LogP contribution in [0.25, 0.3) is 0 Å². The van der Waals surface area contributed by atoms with Gasteiger partial charge in [-0.2, -0.15) is 0 Å². The SMILES string of the molecule is CN(Cc1cccc(F)c1)C(CN)c1ccc(Cl)cc1Cl. The number of nitrogens with two attached hydrogens (primary N) is 1. The van der Waals surface area contributed by atoms with Gasteiger partial charge in [-0.1, -0.05) is 41.4 Å². The van der Waals surface area contributed by atoms with Gasteiger partial charge in [-0.05, 0) is 42.4 Å². The molecule has 1 atom stereocenters. The molecule has 0 bridgehead atoms. The number of halogens is 3. The highest BCUT2D eigenvalue weighted by atomic mass is 35.5. The molecule has 2 aromatic rings. The Morgan fingerprint density at radius 3 is 2.57 bits per heavy atom. The molecule has 2 nitrogen and oxygen atoms in total. The van der Waals surface area contributed by atoms with E-state index < -0.39 is 0 Å². The third-order valence-electron chi connectivity index (χ3n) is 3.40. The second kappa shape index (κ2) is 7.23. The Kier molecular flexibility index (Phi) is 5.59. The van der Waals surface area contributed by atoms with Crippen LogP contribution < -0.4 is 5.73 Å². The molecule has 2 rings (SSSR count). The highest BCUT2D eigenvalue weighted by Crippen LogP contribution is 2.29. The fourth-order valence-corrected chi connectivity index (χ4v) is 2.88. The molecule has 21 heavy (non-hydrogen) atoms. The summed E-state index contributed by atoms with van der Waals surface area (Å²) in [5, 5.41) is 1.18. The Balaban J connectivity index is 2.20. The van der Waals surface area contributed by atoms with Crippen LogP contribution in [-0.4, -0.2) is 18.5 Å². The van der Waals surface area contributed by atoms with E-state index in [0.717, 1.165) is 11.1 Å². The molecule has 0 saturated heterocycles. The Morgan fingerprint density at radius 2 is 1.95 bits per heavy atom. The third kappa shape index (κ3) is 4.17. The first-order valence-corrected chi connectivity index (χ1v) is 7.36.